The van der Waals surface area contributed by atoms with Gasteiger partial charge in [0.25, 0.3) is 0 Å². The molecule has 1 aliphatic rings. The Balaban J connectivity index is 1.83. The summed E-state index contributed by atoms with van der Waals surface area (Å²) in [4.78, 5) is 28.9. The minimum atomic E-state index is -0.559. The topological polar surface area (TPSA) is 103 Å². The number of aromatic nitrogens is 2. The number of methoxy groups -OCH3 is 1. The lowest BCUT2D eigenvalue weighted by Gasteiger charge is -2.37. The summed E-state index contributed by atoms with van der Waals surface area (Å²) in [6.07, 6.45) is 1.30. The molecular weight excluding hydrogens is 338 g/mol. The van der Waals surface area contributed by atoms with Gasteiger partial charge in [-0.3, -0.25) is 9.36 Å². The number of nitrogens with zero attached hydrogens (tertiary/aromatic N) is 4. The molecule has 1 amide bonds. The van der Waals surface area contributed by atoms with Crippen molar-refractivity contribution in [2.24, 2.45) is 0 Å². The molecule has 1 aromatic heterocycles. The molecular formula is C17H21N5O4. The van der Waals surface area contributed by atoms with E-state index >= 15 is 0 Å². The monoisotopic (exact) mass is 359 g/mol. The highest BCUT2D eigenvalue weighted by atomic mass is 16.6. The Bertz CT molecular complexity index is 819. The number of imidazole rings is 1. The minimum absolute atomic E-state index is 0.0122. The maximum Gasteiger partial charge on any atom is 0.381 e. The van der Waals surface area contributed by atoms with Crippen LogP contribution in [-0.4, -0.2) is 52.0 Å². The van der Waals surface area contributed by atoms with Gasteiger partial charge in [-0.15, -0.1) is 0 Å². The molecule has 3 rings (SSSR count). The normalized spacial score (nSPS) is 17.2. The second kappa shape index (κ2) is 7.52. The summed E-state index contributed by atoms with van der Waals surface area (Å²) in [5.41, 5.74) is 0.934. The summed E-state index contributed by atoms with van der Waals surface area (Å²) in [7, 11) is 1.61. The van der Waals surface area contributed by atoms with Crippen LogP contribution in [0.4, 0.5) is 5.82 Å². The Morgan fingerprint density at radius 1 is 1.46 bits per heavy atom. The molecule has 0 saturated carbocycles. The van der Waals surface area contributed by atoms with Crippen molar-refractivity contribution in [1.29, 1.82) is 0 Å². The molecule has 1 saturated heterocycles. The van der Waals surface area contributed by atoms with E-state index in [4.69, 9.17) is 4.74 Å². The second-order valence-electron chi connectivity index (χ2n) is 6.08. The van der Waals surface area contributed by atoms with Gasteiger partial charge >= 0.3 is 5.82 Å². The van der Waals surface area contributed by atoms with Crippen molar-refractivity contribution in [3.05, 3.63) is 52.0 Å². The number of nitrogens with one attached hydrogen (secondary N) is 1. The fourth-order valence-corrected chi connectivity index (χ4v) is 3.20. The fraction of sp³-hybridized carbons (Fsp3) is 0.412. The molecule has 1 aromatic carbocycles. The lowest BCUT2D eigenvalue weighted by atomic mass is 10.0. The molecule has 9 heteroatoms. The van der Waals surface area contributed by atoms with Gasteiger partial charge in [-0.1, -0.05) is 18.2 Å². The van der Waals surface area contributed by atoms with Crippen molar-refractivity contribution in [3.8, 4) is 5.75 Å². The predicted octanol–water partition coefficient (Wildman–Crippen LogP) is 1.28. The molecule has 0 spiro atoms. The molecule has 1 atom stereocenters. The molecule has 2 aromatic rings. The van der Waals surface area contributed by atoms with Crippen LogP contribution in [0.5, 0.6) is 5.75 Å². The third-order valence-electron chi connectivity index (χ3n) is 4.52. The summed E-state index contributed by atoms with van der Waals surface area (Å²) in [5, 5.41) is 14.2. The van der Waals surface area contributed by atoms with E-state index in [2.05, 4.69) is 10.3 Å². The maximum absolute atomic E-state index is 12.9. The third kappa shape index (κ3) is 3.52. The first-order valence-electron chi connectivity index (χ1n) is 8.32. The average Bonchev–Trinajstić information content (AvgIpc) is 3.02. The van der Waals surface area contributed by atoms with Gasteiger partial charge in [0, 0.05) is 32.1 Å². The van der Waals surface area contributed by atoms with Gasteiger partial charge < -0.3 is 25.1 Å². The number of para-hydroxylation sites is 1. The van der Waals surface area contributed by atoms with E-state index in [-0.39, 0.29) is 24.3 Å². The average molecular weight is 359 g/mol. The molecule has 2 heterocycles. The Morgan fingerprint density at radius 3 is 2.92 bits per heavy atom. The first kappa shape index (κ1) is 17.9. The standard InChI is InChI=1S/C17H21N5O4/c1-12-19-16(22(24)25)10-20(12)11-17(23)21-8-7-18-9-14(21)13-5-3-4-6-15(13)26-2/h3-6,10,14,18H,7-9,11H2,1-2H3. The number of amides is 1. The van der Waals surface area contributed by atoms with Crippen LogP contribution in [0, 0.1) is 17.0 Å². The highest BCUT2D eigenvalue weighted by molar-refractivity contribution is 5.77. The quantitative estimate of drug-likeness (QED) is 0.637. The molecule has 0 bridgehead atoms. The number of aryl methyl sites for hydroxylation is 1. The van der Waals surface area contributed by atoms with Gasteiger partial charge in [0.2, 0.25) is 11.7 Å². The number of nitro groups is 1. The first-order chi connectivity index (χ1) is 12.5. The number of ether oxygens (including phenoxy) is 1. The molecule has 1 unspecified atom stereocenters. The van der Waals surface area contributed by atoms with Crippen LogP contribution in [0.2, 0.25) is 0 Å². The summed E-state index contributed by atoms with van der Waals surface area (Å²) in [6.45, 7) is 3.53. The SMILES string of the molecule is COc1ccccc1C1CNCCN1C(=O)Cn1cc([N+](=O)[O-])nc1C. The van der Waals surface area contributed by atoms with Crippen LogP contribution in [0.3, 0.4) is 0 Å². The van der Waals surface area contributed by atoms with Gasteiger partial charge in [-0.05, 0) is 16.0 Å². The largest absolute Gasteiger partial charge is 0.496 e. The van der Waals surface area contributed by atoms with Crippen molar-refractivity contribution < 1.29 is 14.5 Å². The molecule has 1 aliphatic heterocycles. The Hall–Kier alpha value is -2.94. The lowest BCUT2D eigenvalue weighted by molar-refractivity contribution is -0.389. The van der Waals surface area contributed by atoms with Crippen molar-refractivity contribution in [3.63, 3.8) is 0 Å². The smallest absolute Gasteiger partial charge is 0.381 e. The van der Waals surface area contributed by atoms with E-state index in [1.54, 1.807) is 18.9 Å². The molecule has 0 aliphatic carbocycles. The summed E-state index contributed by atoms with van der Waals surface area (Å²) < 4.78 is 6.95. The molecule has 26 heavy (non-hydrogen) atoms. The molecule has 1 fully saturated rings. The highest BCUT2D eigenvalue weighted by Gasteiger charge is 2.30. The molecule has 1 N–H and O–H groups in total. The van der Waals surface area contributed by atoms with Crippen molar-refractivity contribution in [1.82, 2.24) is 19.8 Å². The van der Waals surface area contributed by atoms with Crippen LogP contribution in [0.1, 0.15) is 17.4 Å². The Kier molecular flexibility index (Phi) is 5.17. The van der Waals surface area contributed by atoms with Crippen LogP contribution in [-0.2, 0) is 11.3 Å². The van der Waals surface area contributed by atoms with Crippen molar-refractivity contribution in [2.75, 3.05) is 26.7 Å². The van der Waals surface area contributed by atoms with E-state index < -0.39 is 4.92 Å². The summed E-state index contributed by atoms with van der Waals surface area (Å²) in [5.74, 6) is 0.803. The lowest BCUT2D eigenvalue weighted by Crippen LogP contribution is -2.49. The molecule has 0 radical (unpaired) electrons. The van der Waals surface area contributed by atoms with Crippen LogP contribution in [0.15, 0.2) is 30.5 Å². The molecule has 138 valence electrons. The van der Waals surface area contributed by atoms with Crippen LogP contribution in [0.25, 0.3) is 0 Å². The number of hydrogen-bond acceptors (Lipinski definition) is 6. The maximum atomic E-state index is 12.9. The van der Waals surface area contributed by atoms with E-state index in [9.17, 15) is 14.9 Å². The summed E-state index contributed by atoms with van der Waals surface area (Å²) in [6, 6.07) is 7.46. The van der Waals surface area contributed by atoms with Gasteiger partial charge in [0.05, 0.1) is 13.2 Å². The third-order valence-corrected chi connectivity index (χ3v) is 4.52. The van der Waals surface area contributed by atoms with Gasteiger partial charge in [0.15, 0.2) is 0 Å². The van der Waals surface area contributed by atoms with Gasteiger partial charge in [0.1, 0.15) is 18.5 Å². The van der Waals surface area contributed by atoms with E-state index in [1.807, 2.05) is 24.3 Å². The zero-order chi connectivity index (χ0) is 18.7. The number of carbonyl (C=O) groups is 1. The zero-order valence-corrected chi connectivity index (χ0v) is 14.7. The van der Waals surface area contributed by atoms with Crippen LogP contribution >= 0.6 is 0 Å². The Labute approximate surface area is 150 Å². The predicted molar refractivity (Wildman–Crippen MR) is 93.9 cm³/mol. The highest BCUT2D eigenvalue weighted by Crippen LogP contribution is 2.30. The van der Waals surface area contributed by atoms with Crippen molar-refractivity contribution in [2.45, 2.75) is 19.5 Å². The summed E-state index contributed by atoms with van der Waals surface area (Å²) >= 11 is 0. The van der Waals surface area contributed by atoms with Crippen molar-refractivity contribution >= 4 is 11.7 Å². The number of hydrogen-bond donors (Lipinski definition) is 1. The zero-order valence-electron chi connectivity index (χ0n) is 14.7. The number of carbonyl (C=O) groups excluding carboxylic acids is 1. The number of benzene rings is 1. The van der Waals surface area contributed by atoms with Crippen LogP contribution < -0.4 is 10.1 Å². The van der Waals surface area contributed by atoms with E-state index in [1.165, 1.54) is 10.8 Å². The van der Waals surface area contributed by atoms with Gasteiger partial charge in [-0.2, -0.15) is 0 Å². The number of rotatable bonds is 5. The fourth-order valence-electron chi connectivity index (χ4n) is 3.20. The second-order valence-corrected chi connectivity index (χ2v) is 6.08. The number of piperazine rings is 1. The van der Waals surface area contributed by atoms with E-state index in [0.717, 1.165) is 11.3 Å². The minimum Gasteiger partial charge on any atom is -0.496 e. The molecule has 9 nitrogen and oxygen atoms in total. The van der Waals surface area contributed by atoms with Gasteiger partial charge in [-0.25, -0.2) is 0 Å². The van der Waals surface area contributed by atoms with E-state index in [0.29, 0.717) is 25.5 Å². The first-order valence-corrected chi connectivity index (χ1v) is 8.32. The Morgan fingerprint density at radius 2 is 2.23 bits per heavy atom.